The molecule has 1 aliphatic carbocycles. The summed E-state index contributed by atoms with van der Waals surface area (Å²) in [7, 11) is 0. The number of piperidine rings is 1. The monoisotopic (exact) mass is 355 g/mol. The number of likely N-dealkylation sites (tertiary alicyclic amines) is 1. The molecule has 2 aliphatic heterocycles. The minimum absolute atomic E-state index is 0.839. The minimum Gasteiger partial charge on any atom is -0.300 e. The Morgan fingerprint density at radius 2 is 1.46 bits per heavy atom. The maximum Gasteiger partial charge on any atom is 0.0234 e. The molecule has 0 radical (unpaired) electrons. The van der Waals surface area contributed by atoms with Crippen LogP contribution in [-0.4, -0.2) is 66.1 Å². The van der Waals surface area contributed by atoms with Gasteiger partial charge in [-0.2, -0.15) is 0 Å². The molecule has 2 atom stereocenters. The average molecular weight is 356 g/mol. The van der Waals surface area contributed by atoms with Crippen molar-refractivity contribution >= 4 is 0 Å². The second kappa shape index (κ2) is 8.86. The Labute approximate surface area is 160 Å². The zero-order valence-corrected chi connectivity index (χ0v) is 16.7. The summed E-state index contributed by atoms with van der Waals surface area (Å²) in [5, 5.41) is 0. The maximum absolute atomic E-state index is 2.83. The Morgan fingerprint density at radius 3 is 2.15 bits per heavy atom. The highest BCUT2D eigenvalue weighted by Gasteiger charge is 2.31. The van der Waals surface area contributed by atoms with Gasteiger partial charge in [0, 0.05) is 44.8 Å². The molecule has 0 aromatic heterocycles. The third-order valence-corrected chi connectivity index (χ3v) is 7.10. The third kappa shape index (κ3) is 4.68. The van der Waals surface area contributed by atoms with E-state index >= 15 is 0 Å². The highest BCUT2D eigenvalue weighted by Crippen LogP contribution is 2.30. The molecule has 1 aromatic rings. The van der Waals surface area contributed by atoms with Gasteiger partial charge in [-0.25, -0.2) is 0 Å². The van der Waals surface area contributed by atoms with Crippen molar-refractivity contribution in [3.05, 3.63) is 35.9 Å². The summed E-state index contributed by atoms with van der Waals surface area (Å²) < 4.78 is 0. The van der Waals surface area contributed by atoms with Gasteiger partial charge in [-0.05, 0) is 50.3 Å². The van der Waals surface area contributed by atoms with Crippen LogP contribution in [0.3, 0.4) is 0 Å². The van der Waals surface area contributed by atoms with E-state index in [2.05, 4.69) is 52.0 Å². The van der Waals surface area contributed by atoms with Gasteiger partial charge in [0.25, 0.3) is 0 Å². The zero-order valence-electron chi connectivity index (χ0n) is 16.7. The Kier molecular flexibility index (Phi) is 6.29. The molecule has 0 spiro atoms. The summed E-state index contributed by atoms with van der Waals surface area (Å²) in [5.41, 5.74) is 1.45. The molecule has 1 aromatic carbocycles. The van der Waals surface area contributed by atoms with Gasteiger partial charge >= 0.3 is 0 Å². The molecule has 3 heteroatoms. The summed E-state index contributed by atoms with van der Waals surface area (Å²) in [4.78, 5) is 8.25. The van der Waals surface area contributed by atoms with E-state index in [1.165, 1.54) is 83.4 Å². The first-order valence-corrected chi connectivity index (χ1v) is 11.0. The highest BCUT2D eigenvalue weighted by atomic mass is 15.3. The Morgan fingerprint density at radius 1 is 0.769 bits per heavy atom. The van der Waals surface area contributed by atoms with Crippen LogP contribution >= 0.6 is 0 Å². The number of hydrogen-bond acceptors (Lipinski definition) is 3. The number of benzene rings is 1. The SMILES string of the molecule is C[C@@H]1CCC[C@H](N2CCC(N3CCN(Cc4ccccc4)CC3)CC2)C1. The van der Waals surface area contributed by atoms with E-state index in [0.29, 0.717) is 0 Å². The molecular weight excluding hydrogens is 318 g/mol. The lowest BCUT2D eigenvalue weighted by Crippen LogP contribution is -2.54. The topological polar surface area (TPSA) is 9.72 Å². The molecule has 3 aliphatic rings. The number of nitrogens with zero attached hydrogens (tertiary/aromatic N) is 3. The highest BCUT2D eigenvalue weighted by molar-refractivity contribution is 5.14. The summed E-state index contributed by atoms with van der Waals surface area (Å²) in [6, 6.07) is 12.7. The fourth-order valence-corrected chi connectivity index (χ4v) is 5.48. The first kappa shape index (κ1) is 18.5. The fraction of sp³-hybridized carbons (Fsp3) is 0.739. The Hall–Kier alpha value is -0.900. The second-order valence-electron chi connectivity index (χ2n) is 8.99. The van der Waals surface area contributed by atoms with Crippen LogP contribution in [0.2, 0.25) is 0 Å². The van der Waals surface area contributed by atoms with Gasteiger partial charge in [-0.15, -0.1) is 0 Å². The molecule has 26 heavy (non-hydrogen) atoms. The first-order chi connectivity index (χ1) is 12.8. The van der Waals surface area contributed by atoms with Gasteiger partial charge in [0.05, 0.1) is 0 Å². The smallest absolute Gasteiger partial charge is 0.0234 e. The van der Waals surface area contributed by atoms with Crippen LogP contribution in [0.25, 0.3) is 0 Å². The summed E-state index contributed by atoms with van der Waals surface area (Å²) in [6.07, 6.45) is 8.60. The summed E-state index contributed by atoms with van der Waals surface area (Å²) in [6.45, 7) is 11.2. The van der Waals surface area contributed by atoms with Crippen molar-refractivity contribution in [3.63, 3.8) is 0 Å². The quantitative estimate of drug-likeness (QED) is 0.812. The number of rotatable bonds is 4. The van der Waals surface area contributed by atoms with Gasteiger partial charge in [-0.1, -0.05) is 50.1 Å². The lowest BCUT2D eigenvalue weighted by atomic mass is 9.85. The summed E-state index contributed by atoms with van der Waals surface area (Å²) in [5.74, 6) is 0.948. The molecule has 0 bridgehead atoms. The van der Waals surface area contributed by atoms with Crippen molar-refractivity contribution in [3.8, 4) is 0 Å². The van der Waals surface area contributed by atoms with Crippen LogP contribution in [-0.2, 0) is 6.54 Å². The van der Waals surface area contributed by atoms with Crippen molar-refractivity contribution in [1.82, 2.24) is 14.7 Å². The average Bonchev–Trinajstić information content (AvgIpc) is 2.70. The van der Waals surface area contributed by atoms with Crippen LogP contribution in [0.4, 0.5) is 0 Å². The van der Waals surface area contributed by atoms with Crippen molar-refractivity contribution in [1.29, 1.82) is 0 Å². The molecule has 3 nitrogen and oxygen atoms in total. The molecule has 4 rings (SSSR count). The maximum atomic E-state index is 2.83. The third-order valence-electron chi connectivity index (χ3n) is 7.10. The van der Waals surface area contributed by atoms with E-state index in [1.807, 2.05) is 0 Å². The zero-order chi connectivity index (χ0) is 17.8. The lowest BCUT2D eigenvalue weighted by Gasteiger charge is -2.45. The normalized spacial score (nSPS) is 30.5. The number of piperazine rings is 1. The van der Waals surface area contributed by atoms with Gasteiger partial charge < -0.3 is 4.90 Å². The van der Waals surface area contributed by atoms with E-state index in [0.717, 1.165) is 24.5 Å². The van der Waals surface area contributed by atoms with E-state index < -0.39 is 0 Å². The van der Waals surface area contributed by atoms with Crippen molar-refractivity contribution in [2.45, 2.75) is 64.1 Å². The Balaban J connectivity index is 1.20. The fourth-order valence-electron chi connectivity index (χ4n) is 5.48. The van der Waals surface area contributed by atoms with E-state index in [9.17, 15) is 0 Å². The van der Waals surface area contributed by atoms with E-state index in [4.69, 9.17) is 0 Å². The minimum atomic E-state index is 0.839. The first-order valence-electron chi connectivity index (χ1n) is 11.0. The molecular formula is C23H37N3. The predicted octanol–water partition coefficient (Wildman–Crippen LogP) is 3.85. The Bertz CT molecular complexity index is 530. The number of hydrogen-bond donors (Lipinski definition) is 0. The van der Waals surface area contributed by atoms with Gasteiger partial charge in [-0.3, -0.25) is 9.80 Å². The molecule has 0 N–H and O–H groups in total. The van der Waals surface area contributed by atoms with Crippen molar-refractivity contribution < 1.29 is 0 Å². The molecule has 0 amide bonds. The summed E-state index contributed by atoms with van der Waals surface area (Å²) >= 11 is 0. The molecule has 144 valence electrons. The van der Waals surface area contributed by atoms with E-state index in [-0.39, 0.29) is 0 Å². The molecule has 0 unspecified atom stereocenters. The standard InChI is InChI=1S/C23H37N3/c1-20-6-5-9-23(18-20)25-12-10-22(11-13-25)26-16-14-24(15-17-26)19-21-7-3-2-4-8-21/h2-4,7-8,20,22-23H,5-6,9-19H2,1H3/t20-,23+/m1/s1. The van der Waals surface area contributed by atoms with Crippen LogP contribution in [0.1, 0.15) is 51.0 Å². The molecule has 2 saturated heterocycles. The van der Waals surface area contributed by atoms with Crippen LogP contribution in [0.15, 0.2) is 30.3 Å². The molecule has 3 fully saturated rings. The second-order valence-corrected chi connectivity index (χ2v) is 8.99. The predicted molar refractivity (Wildman–Crippen MR) is 109 cm³/mol. The van der Waals surface area contributed by atoms with Gasteiger partial charge in [0.2, 0.25) is 0 Å². The van der Waals surface area contributed by atoms with Gasteiger partial charge in [0.15, 0.2) is 0 Å². The van der Waals surface area contributed by atoms with Crippen LogP contribution < -0.4 is 0 Å². The largest absolute Gasteiger partial charge is 0.300 e. The van der Waals surface area contributed by atoms with E-state index in [1.54, 1.807) is 0 Å². The van der Waals surface area contributed by atoms with Crippen LogP contribution in [0, 0.1) is 5.92 Å². The lowest BCUT2D eigenvalue weighted by molar-refractivity contribution is 0.0357. The van der Waals surface area contributed by atoms with Gasteiger partial charge in [0.1, 0.15) is 0 Å². The van der Waals surface area contributed by atoms with Crippen molar-refractivity contribution in [2.75, 3.05) is 39.3 Å². The molecule has 1 saturated carbocycles. The van der Waals surface area contributed by atoms with Crippen molar-refractivity contribution in [2.24, 2.45) is 5.92 Å². The van der Waals surface area contributed by atoms with Crippen LogP contribution in [0.5, 0.6) is 0 Å². The molecule has 2 heterocycles.